The number of aliphatic carboxylic acids is 1. The van der Waals surface area contributed by atoms with Gasteiger partial charge in [-0.15, -0.1) is 0 Å². The Morgan fingerprint density at radius 3 is 2.54 bits per heavy atom. The number of ether oxygens (including phenoxy) is 4. The van der Waals surface area contributed by atoms with Crippen LogP contribution in [0, 0.1) is 5.92 Å². The fraction of sp³-hybridized carbons (Fsp3) is 0.600. The van der Waals surface area contributed by atoms with Crippen LogP contribution in [0.15, 0.2) is 29.4 Å². The fourth-order valence-electron chi connectivity index (χ4n) is 2.65. The van der Waals surface area contributed by atoms with Crippen molar-refractivity contribution < 1.29 is 33.7 Å². The topological polar surface area (TPSA) is 95.8 Å². The minimum atomic E-state index is -1.51. The third kappa shape index (κ3) is 6.78. The molecule has 2 rings (SSSR count). The predicted molar refractivity (Wildman–Crippen MR) is 102 cm³/mol. The first-order valence-electron chi connectivity index (χ1n) is 9.34. The Labute approximate surface area is 165 Å². The van der Waals surface area contributed by atoms with Gasteiger partial charge in [0.1, 0.15) is 12.4 Å². The molecule has 8 heteroatoms. The summed E-state index contributed by atoms with van der Waals surface area (Å²) in [5, 5.41) is 13.2. The van der Waals surface area contributed by atoms with E-state index < -0.39 is 11.8 Å². The van der Waals surface area contributed by atoms with Crippen molar-refractivity contribution >= 4 is 11.7 Å². The van der Waals surface area contributed by atoms with E-state index in [1.165, 1.54) is 6.92 Å². The summed E-state index contributed by atoms with van der Waals surface area (Å²) in [6.07, 6.45) is 2.68. The van der Waals surface area contributed by atoms with E-state index >= 15 is 0 Å². The average molecular weight is 395 g/mol. The van der Waals surface area contributed by atoms with E-state index in [4.69, 9.17) is 28.9 Å². The summed E-state index contributed by atoms with van der Waals surface area (Å²) in [5.74, 6) is -1.67. The molecule has 8 nitrogen and oxygen atoms in total. The van der Waals surface area contributed by atoms with Gasteiger partial charge in [-0.05, 0) is 56.0 Å². The molecular formula is C20H29NO7. The molecule has 1 saturated heterocycles. The van der Waals surface area contributed by atoms with Crippen molar-refractivity contribution in [3.05, 3.63) is 29.8 Å². The Balaban J connectivity index is 1.61. The second kappa shape index (κ2) is 11.0. The molecule has 1 N–H and O–H groups in total. The van der Waals surface area contributed by atoms with E-state index in [1.807, 2.05) is 31.2 Å². The molecule has 1 fully saturated rings. The lowest BCUT2D eigenvalue weighted by atomic mass is 10.0. The van der Waals surface area contributed by atoms with Gasteiger partial charge in [0.25, 0.3) is 5.79 Å². The van der Waals surface area contributed by atoms with Gasteiger partial charge in [0.05, 0.1) is 18.9 Å². The molecule has 0 atom stereocenters. The molecule has 28 heavy (non-hydrogen) atoms. The van der Waals surface area contributed by atoms with Crippen molar-refractivity contribution in [2.75, 3.05) is 33.7 Å². The number of benzene rings is 1. The molecule has 1 aliphatic rings. The largest absolute Gasteiger partial charge is 0.477 e. The number of unbranched alkanes of at least 4 members (excludes halogenated alkanes) is 1. The molecule has 0 aromatic heterocycles. The number of hydrogen-bond acceptors (Lipinski definition) is 7. The second-order valence-electron chi connectivity index (χ2n) is 6.82. The van der Waals surface area contributed by atoms with Crippen molar-refractivity contribution in [3.8, 4) is 5.75 Å². The first-order valence-corrected chi connectivity index (χ1v) is 9.34. The van der Waals surface area contributed by atoms with Gasteiger partial charge in [0.2, 0.25) is 0 Å². The molecule has 0 bridgehead atoms. The first-order chi connectivity index (χ1) is 13.4. The van der Waals surface area contributed by atoms with Crippen LogP contribution >= 0.6 is 0 Å². The van der Waals surface area contributed by atoms with Gasteiger partial charge < -0.3 is 28.9 Å². The van der Waals surface area contributed by atoms with Gasteiger partial charge in [-0.3, -0.25) is 0 Å². The average Bonchev–Trinajstić information content (AvgIpc) is 2.70. The highest BCUT2D eigenvalue weighted by Gasteiger charge is 2.40. The maximum absolute atomic E-state index is 11.0. The van der Waals surface area contributed by atoms with Gasteiger partial charge >= 0.3 is 5.97 Å². The third-order valence-electron chi connectivity index (χ3n) is 4.49. The number of rotatable bonds is 11. The summed E-state index contributed by atoms with van der Waals surface area (Å²) in [4.78, 5) is 16.4. The van der Waals surface area contributed by atoms with Crippen LogP contribution in [0.5, 0.6) is 5.75 Å². The normalized spacial score (nSPS) is 22.7. The maximum atomic E-state index is 11.0. The number of nitrogens with zero attached hydrogens (tertiary/aromatic N) is 1. The van der Waals surface area contributed by atoms with E-state index in [-0.39, 0.29) is 12.7 Å². The summed E-state index contributed by atoms with van der Waals surface area (Å²) in [6.45, 7) is 4.85. The van der Waals surface area contributed by atoms with Gasteiger partial charge in [-0.2, -0.15) is 0 Å². The highest BCUT2D eigenvalue weighted by molar-refractivity contribution is 5.98. The number of methoxy groups -OCH3 is 1. The Morgan fingerprint density at radius 2 is 1.93 bits per heavy atom. The number of hydrogen-bond donors (Lipinski definition) is 1. The SMILES string of the molecule is COCOc1ccc(C(C)=NOCCCCC2COC(C)(C(=O)O)OC2)cc1. The predicted octanol–water partition coefficient (Wildman–Crippen LogP) is 3.04. The van der Waals surface area contributed by atoms with Crippen LogP contribution < -0.4 is 4.74 Å². The van der Waals surface area contributed by atoms with Crippen LogP contribution in [-0.4, -0.2) is 56.3 Å². The van der Waals surface area contributed by atoms with Crippen molar-refractivity contribution in [1.82, 2.24) is 0 Å². The lowest BCUT2D eigenvalue weighted by molar-refractivity contribution is -0.271. The van der Waals surface area contributed by atoms with E-state index in [2.05, 4.69) is 5.16 Å². The molecule has 0 amide bonds. The van der Waals surface area contributed by atoms with Gasteiger partial charge in [-0.25, -0.2) is 4.79 Å². The minimum absolute atomic E-state index is 0.205. The highest BCUT2D eigenvalue weighted by atomic mass is 16.7. The standard InChI is InChI=1S/C20H29NO7/c1-15(17-7-9-18(10-8-17)25-14-24-3)21-28-11-5-4-6-16-12-26-20(2,19(22)23)27-13-16/h7-10,16H,4-6,11-14H2,1-3H3,(H,22,23). The monoisotopic (exact) mass is 395 g/mol. The summed E-state index contributed by atoms with van der Waals surface area (Å²) < 4.78 is 20.9. The molecule has 1 heterocycles. The summed E-state index contributed by atoms with van der Waals surface area (Å²) in [5.41, 5.74) is 1.75. The fourth-order valence-corrected chi connectivity index (χ4v) is 2.65. The van der Waals surface area contributed by atoms with Crippen LogP contribution in [0.25, 0.3) is 0 Å². The molecule has 156 valence electrons. The van der Waals surface area contributed by atoms with Gasteiger partial charge in [0, 0.05) is 20.0 Å². The zero-order valence-corrected chi connectivity index (χ0v) is 16.7. The molecule has 0 saturated carbocycles. The third-order valence-corrected chi connectivity index (χ3v) is 4.49. The zero-order chi connectivity index (χ0) is 20.4. The number of oxime groups is 1. The van der Waals surface area contributed by atoms with Crippen molar-refractivity contribution in [1.29, 1.82) is 0 Å². The minimum Gasteiger partial charge on any atom is -0.477 e. The summed E-state index contributed by atoms with van der Waals surface area (Å²) >= 11 is 0. The maximum Gasteiger partial charge on any atom is 0.364 e. The number of carboxylic acids is 1. The number of carboxylic acid groups (broad SMARTS) is 1. The summed E-state index contributed by atoms with van der Waals surface area (Å²) in [7, 11) is 1.58. The molecule has 1 aromatic carbocycles. The van der Waals surface area contributed by atoms with Gasteiger partial charge in [0.15, 0.2) is 6.79 Å². The first kappa shape index (κ1) is 22.1. The molecule has 0 radical (unpaired) electrons. The molecule has 1 aliphatic heterocycles. The lowest BCUT2D eigenvalue weighted by Crippen LogP contribution is -2.47. The van der Waals surface area contributed by atoms with E-state index in [0.717, 1.165) is 36.3 Å². The van der Waals surface area contributed by atoms with E-state index in [0.29, 0.717) is 19.8 Å². The van der Waals surface area contributed by atoms with E-state index in [9.17, 15) is 4.79 Å². The Hall–Kier alpha value is -2.16. The lowest BCUT2D eigenvalue weighted by Gasteiger charge is -2.34. The molecule has 0 aliphatic carbocycles. The molecule has 1 aromatic rings. The molecule has 0 unspecified atom stereocenters. The smallest absolute Gasteiger partial charge is 0.364 e. The van der Waals surface area contributed by atoms with Crippen LogP contribution in [-0.2, 0) is 23.8 Å². The van der Waals surface area contributed by atoms with Crippen LogP contribution in [0.3, 0.4) is 0 Å². The quantitative estimate of drug-likeness (QED) is 0.266. The Morgan fingerprint density at radius 1 is 1.25 bits per heavy atom. The van der Waals surface area contributed by atoms with Crippen LogP contribution in [0.4, 0.5) is 0 Å². The zero-order valence-electron chi connectivity index (χ0n) is 16.7. The Kier molecular flexibility index (Phi) is 8.69. The highest BCUT2D eigenvalue weighted by Crippen LogP contribution is 2.24. The Bertz CT molecular complexity index is 636. The second-order valence-corrected chi connectivity index (χ2v) is 6.82. The molecular weight excluding hydrogens is 366 g/mol. The van der Waals surface area contributed by atoms with Crippen LogP contribution in [0.1, 0.15) is 38.7 Å². The van der Waals surface area contributed by atoms with Crippen molar-refractivity contribution in [3.63, 3.8) is 0 Å². The number of carbonyl (C=O) groups is 1. The van der Waals surface area contributed by atoms with E-state index in [1.54, 1.807) is 7.11 Å². The van der Waals surface area contributed by atoms with Gasteiger partial charge in [-0.1, -0.05) is 5.16 Å². The summed E-state index contributed by atoms with van der Waals surface area (Å²) in [6, 6.07) is 7.55. The van der Waals surface area contributed by atoms with Crippen LogP contribution in [0.2, 0.25) is 0 Å². The van der Waals surface area contributed by atoms with Crippen molar-refractivity contribution in [2.45, 2.75) is 38.9 Å². The molecule has 0 spiro atoms. The van der Waals surface area contributed by atoms with Crippen molar-refractivity contribution in [2.24, 2.45) is 11.1 Å².